The number of hydrogen-bond donors (Lipinski definition) is 0. The third kappa shape index (κ3) is 4.06. The van der Waals surface area contributed by atoms with Crippen molar-refractivity contribution in [3.8, 4) is 0 Å². The minimum absolute atomic E-state index is 0.0721. The fourth-order valence-electron chi connectivity index (χ4n) is 1.54. The van der Waals surface area contributed by atoms with E-state index >= 15 is 0 Å². The summed E-state index contributed by atoms with van der Waals surface area (Å²) >= 11 is 5.73. The molecule has 0 unspecified atom stereocenters. The van der Waals surface area contributed by atoms with Gasteiger partial charge in [0.15, 0.2) is 5.78 Å². The number of halogens is 1. The van der Waals surface area contributed by atoms with Gasteiger partial charge in [0.05, 0.1) is 13.2 Å². The van der Waals surface area contributed by atoms with Crippen molar-refractivity contribution < 1.29 is 23.9 Å². The predicted molar refractivity (Wildman–Crippen MR) is 72.5 cm³/mol. The Morgan fingerprint density at radius 3 is 1.85 bits per heavy atom. The predicted octanol–water partition coefficient (Wildman–Crippen LogP) is 2.27. The highest BCUT2D eigenvalue weighted by atomic mass is 35.5. The normalized spacial score (nSPS) is 10.2. The molecule has 0 spiro atoms. The number of carbonyl (C=O) groups excluding carboxylic acids is 3. The van der Waals surface area contributed by atoms with Crippen molar-refractivity contribution in [1.82, 2.24) is 0 Å². The van der Waals surface area contributed by atoms with Crippen LogP contribution in [-0.4, -0.2) is 30.9 Å². The standard InChI is InChI=1S/C14H15ClO5/c1-3-19-13(17)11(14(18)20-4-2)12(16)9-5-7-10(15)8-6-9/h5-8,11H,3-4H2,1-2H3. The Hall–Kier alpha value is -1.88. The lowest BCUT2D eigenvalue weighted by molar-refractivity contribution is -0.158. The molecule has 0 heterocycles. The first kappa shape index (κ1) is 16.2. The van der Waals surface area contributed by atoms with E-state index in [0.29, 0.717) is 5.02 Å². The monoisotopic (exact) mass is 298 g/mol. The first-order valence-corrected chi connectivity index (χ1v) is 6.52. The van der Waals surface area contributed by atoms with E-state index in [1.165, 1.54) is 24.3 Å². The number of esters is 2. The average Bonchev–Trinajstić information content (AvgIpc) is 2.40. The van der Waals surface area contributed by atoms with Gasteiger partial charge < -0.3 is 9.47 Å². The maximum atomic E-state index is 12.2. The van der Waals surface area contributed by atoms with Gasteiger partial charge in [-0.15, -0.1) is 0 Å². The van der Waals surface area contributed by atoms with Gasteiger partial charge in [-0.3, -0.25) is 14.4 Å². The minimum Gasteiger partial charge on any atom is -0.465 e. The SMILES string of the molecule is CCOC(=O)C(C(=O)OCC)C(=O)c1ccc(Cl)cc1. The Morgan fingerprint density at radius 2 is 1.45 bits per heavy atom. The number of ether oxygens (including phenoxy) is 2. The number of benzene rings is 1. The Balaban J connectivity index is 3.03. The Labute approximate surface area is 121 Å². The van der Waals surface area contributed by atoms with Gasteiger partial charge in [0.25, 0.3) is 0 Å². The van der Waals surface area contributed by atoms with Crippen molar-refractivity contribution in [2.24, 2.45) is 5.92 Å². The van der Waals surface area contributed by atoms with Gasteiger partial charge in [-0.1, -0.05) is 11.6 Å². The Kier molecular flexibility index (Phi) is 6.18. The van der Waals surface area contributed by atoms with Gasteiger partial charge in [0.2, 0.25) is 5.92 Å². The molecular formula is C14H15ClO5. The lowest BCUT2D eigenvalue weighted by atomic mass is 9.98. The fourth-order valence-corrected chi connectivity index (χ4v) is 1.67. The summed E-state index contributed by atoms with van der Waals surface area (Å²) in [4.78, 5) is 35.8. The summed E-state index contributed by atoms with van der Waals surface area (Å²) in [6.45, 7) is 3.32. The van der Waals surface area contributed by atoms with E-state index in [0.717, 1.165) is 0 Å². The van der Waals surface area contributed by atoms with Crippen molar-refractivity contribution in [3.63, 3.8) is 0 Å². The summed E-state index contributed by atoms with van der Waals surface area (Å²) in [5.74, 6) is -4.09. The fraction of sp³-hybridized carbons (Fsp3) is 0.357. The molecule has 0 aliphatic heterocycles. The summed E-state index contributed by atoms with van der Waals surface area (Å²) in [7, 11) is 0. The van der Waals surface area contributed by atoms with Crippen molar-refractivity contribution in [2.75, 3.05) is 13.2 Å². The Bertz CT molecular complexity index is 477. The van der Waals surface area contributed by atoms with Gasteiger partial charge >= 0.3 is 11.9 Å². The molecule has 1 aromatic rings. The van der Waals surface area contributed by atoms with Crippen LogP contribution in [0.5, 0.6) is 0 Å². The molecule has 1 aromatic carbocycles. The zero-order valence-electron chi connectivity index (χ0n) is 11.2. The summed E-state index contributed by atoms with van der Waals surface area (Å²) in [5.41, 5.74) is 0.195. The third-order valence-electron chi connectivity index (χ3n) is 2.44. The molecule has 0 fully saturated rings. The molecule has 0 aliphatic rings. The Morgan fingerprint density at radius 1 is 1.00 bits per heavy atom. The third-order valence-corrected chi connectivity index (χ3v) is 2.69. The van der Waals surface area contributed by atoms with E-state index < -0.39 is 23.6 Å². The number of carbonyl (C=O) groups is 3. The molecule has 5 nitrogen and oxygen atoms in total. The molecule has 6 heteroatoms. The van der Waals surface area contributed by atoms with Crippen LogP contribution in [0.3, 0.4) is 0 Å². The van der Waals surface area contributed by atoms with Gasteiger partial charge in [0.1, 0.15) is 0 Å². The van der Waals surface area contributed by atoms with Crippen LogP contribution in [0.1, 0.15) is 24.2 Å². The topological polar surface area (TPSA) is 69.7 Å². The molecule has 0 bridgehead atoms. The van der Waals surface area contributed by atoms with Gasteiger partial charge in [-0.2, -0.15) is 0 Å². The van der Waals surface area contributed by atoms with E-state index in [4.69, 9.17) is 21.1 Å². The van der Waals surface area contributed by atoms with Crippen molar-refractivity contribution in [3.05, 3.63) is 34.9 Å². The lowest BCUT2D eigenvalue weighted by Gasteiger charge is -2.13. The van der Waals surface area contributed by atoms with E-state index in [1.54, 1.807) is 13.8 Å². The second-order valence-electron chi connectivity index (χ2n) is 3.81. The molecule has 0 aliphatic carbocycles. The summed E-state index contributed by atoms with van der Waals surface area (Å²) in [6.07, 6.45) is 0. The largest absolute Gasteiger partial charge is 0.465 e. The van der Waals surface area contributed by atoms with Crippen LogP contribution in [0.2, 0.25) is 5.02 Å². The number of rotatable bonds is 6. The van der Waals surface area contributed by atoms with Crippen molar-refractivity contribution in [2.45, 2.75) is 13.8 Å². The van der Waals surface area contributed by atoms with Crippen LogP contribution in [0, 0.1) is 5.92 Å². The molecule has 0 N–H and O–H groups in total. The van der Waals surface area contributed by atoms with Crippen LogP contribution in [0.15, 0.2) is 24.3 Å². The highest BCUT2D eigenvalue weighted by molar-refractivity contribution is 6.30. The van der Waals surface area contributed by atoms with Gasteiger partial charge in [0, 0.05) is 10.6 Å². The number of hydrogen-bond acceptors (Lipinski definition) is 5. The van der Waals surface area contributed by atoms with Crippen LogP contribution in [-0.2, 0) is 19.1 Å². The number of Topliss-reactive ketones (excluding diaryl/α,β-unsaturated/α-hetero) is 1. The summed E-state index contributed by atoms with van der Waals surface area (Å²) in [6, 6.07) is 5.89. The molecule has 0 aromatic heterocycles. The molecular weight excluding hydrogens is 284 g/mol. The van der Waals surface area contributed by atoms with E-state index in [1.807, 2.05) is 0 Å². The molecule has 0 atom stereocenters. The first-order valence-electron chi connectivity index (χ1n) is 6.14. The first-order chi connectivity index (χ1) is 9.51. The van der Waals surface area contributed by atoms with Crippen LogP contribution < -0.4 is 0 Å². The summed E-state index contributed by atoms with van der Waals surface area (Å²) < 4.78 is 9.50. The second kappa shape index (κ2) is 7.65. The number of ketones is 1. The maximum Gasteiger partial charge on any atom is 0.328 e. The zero-order valence-corrected chi connectivity index (χ0v) is 12.0. The zero-order chi connectivity index (χ0) is 15.1. The second-order valence-corrected chi connectivity index (χ2v) is 4.24. The lowest BCUT2D eigenvalue weighted by Crippen LogP contribution is -2.35. The molecule has 0 amide bonds. The molecule has 0 radical (unpaired) electrons. The van der Waals surface area contributed by atoms with Crippen LogP contribution in [0.4, 0.5) is 0 Å². The molecule has 0 saturated heterocycles. The molecule has 108 valence electrons. The smallest absolute Gasteiger partial charge is 0.328 e. The average molecular weight is 299 g/mol. The molecule has 20 heavy (non-hydrogen) atoms. The van der Waals surface area contributed by atoms with Crippen molar-refractivity contribution >= 4 is 29.3 Å². The van der Waals surface area contributed by atoms with E-state index in [2.05, 4.69) is 0 Å². The summed E-state index contributed by atoms with van der Waals surface area (Å²) in [5, 5.41) is 0.449. The molecule has 1 rings (SSSR count). The van der Waals surface area contributed by atoms with Crippen LogP contribution in [0.25, 0.3) is 0 Å². The highest BCUT2D eigenvalue weighted by Gasteiger charge is 2.37. The van der Waals surface area contributed by atoms with Gasteiger partial charge in [-0.05, 0) is 38.1 Å². The van der Waals surface area contributed by atoms with Gasteiger partial charge in [-0.25, -0.2) is 0 Å². The maximum absolute atomic E-state index is 12.2. The highest BCUT2D eigenvalue weighted by Crippen LogP contribution is 2.16. The quantitative estimate of drug-likeness (QED) is 0.458. The van der Waals surface area contributed by atoms with Crippen molar-refractivity contribution in [1.29, 1.82) is 0 Å². The van der Waals surface area contributed by atoms with E-state index in [-0.39, 0.29) is 18.8 Å². The molecule has 0 saturated carbocycles. The van der Waals surface area contributed by atoms with E-state index in [9.17, 15) is 14.4 Å². The van der Waals surface area contributed by atoms with Crippen LogP contribution >= 0.6 is 11.6 Å². The minimum atomic E-state index is -1.60.